The molecule has 150 valence electrons. The number of rotatable bonds is 6. The molecule has 0 radical (unpaired) electrons. The Labute approximate surface area is 169 Å². The van der Waals surface area contributed by atoms with Crippen LogP contribution in [-0.4, -0.2) is 63.4 Å². The van der Waals surface area contributed by atoms with Gasteiger partial charge in [0.25, 0.3) is 5.91 Å². The van der Waals surface area contributed by atoms with Crippen molar-refractivity contribution in [1.29, 1.82) is 0 Å². The molecule has 1 amide bonds. The minimum absolute atomic E-state index is 0.118. The number of carbonyl (C=O) groups is 1. The predicted octanol–water partition coefficient (Wildman–Crippen LogP) is 2.39. The van der Waals surface area contributed by atoms with Gasteiger partial charge in [0.05, 0.1) is 13.2 Å². The summed E-state index contributed by atoms with van der Waals surface area (Å²) in [5.41, 5.74) is 1.67. The van der Waals surface area contributed by atoms with Crippen LogP contribution >= 0.6 is 11.3 Å². The third-order valence-corrected chi connectivity index (χ3v) is 6.11. The molecule has 0 saturated carbocycles. The SMILES string of the molecule is COc1cccc(N2CCN(c3nc(C(=O)NCC4CCCO4)cs3)CC2)c1. The van der Waals surface area contributed by atoms with Crippen molar-refractivity contribution in [2.45, 2.75) is 18.9 Å². The highest BCUT2D eigenvalue weighted by atomic mass is 32.1. The number of aromatic nitrogens is 1. The van der Waals surface area contributed by atoms with Crippen LogP contribution in [0.5, 0.6) is 5.75 Å². The highest BCUT2D eigenvalue weighted by Crippen LogP contribution is 2.26. The summed E-state index contributed by atoms with van der Waals surface area (Å²) in [6, 6.07) is 8.15. The summed E-state index contributed by atoms with van der Waals surface area (Å²) >= 11 is 1.53. The average Bonchev–Trinajstić information content (AvgIpc) is 3.44. The third-order valence-electron chi connectivity index (χ3n) is 5.21. The molecule has 2 aliphatic heterocycles. The lowest BCUT2D eigenvalue weighted by Gasteiger charge is -2.36. The molecule has 1 aromatic heterocycles. The van der Waals surface area contributed by atoms with Crippen LogP contribution < -0.4 is 19.9 Å². The third kappa shape index (κ3) is 4.39. The fourth-order valence-electron chi connectivity index (χ4n) is 3.58. The minimum Gasteiger partial charge on any atom is -0.497 e. The van der Waals surface area contributed by atoms with E-state index in [4.69, 9.17) is 9.47 Å². The smallest absolute Gasteiger partial charge is 0.270 e. The number of hydrogen-bond acceptors (Lipinski definition) is 7. The van der Waals surface area contributed by atoms with Crippen molar-refractivity contribution in [2.75, 3.05) is 56.2 Å². The summed E-state index contributed by atoms with van der Waals surface area (Å²) in [5.74, 6) is 0.756. The Bertz CT molecular complexity index is 798. The number of carbonyl (C=O) groups excluding carboxylic acids is 1. The van der Waals surface area contributed by atoms with Crippen molar-refractivity contribution in [3.8, 4) is 5.75 Å². The van der Waals surface area contributed by atoms with E-state index in [1.807, 2.05) is 17.5 Å². The first kappa shape index (κ1) is 19.0. The Balaban J connectivity index is 1.30. The molecule has 2 aliphatic rings. The molecule has 1 atom stereocenters. The maximum Gasteiger partial charge on any atom is 0.270 e. The van der Waals surface area contributed by atoms with Gasteiger partial charge in [-0.3, -0.25) is 4.79 Å². The number of anilines is 2. The van der Waals surface area contributed by atoms with E-state index in [1.165, 1.54) is 17.0 Å². The molecule has 2 aromatic rings. The van der Waals surface area contributed by atoms with E-state index in [2.05, 4.69) is 32.2 Å². The molecule has 1 unspecified atom stereocenters. The van der Waals surface area contributed by atoms with Gasteiger partial charge < -0.3 is 24.6 Å². The average molecular weight is 403 g/mol. The number of ether oxygens (including phenoxy) is 2. The van der Waals surface area contributed by atoms with Gasteiger partial charge in [-0.05, 0) is 25.0 Å². The maximum atomic E-state index is 12.3. The second-order valence-corrected chi connectivity index (χ2v) is 7.87. The van der Waals surface area contributed by atoms with E-state index in [0.717, 1.165) is 56.5 Å². The fourth-order valence-corrected chi connectivity index (χ4v) is 4.44. The number of piperazine rings is 1. The highest BCUT2D eigenvalue weighted by Gasteiger charge is 2.22. The van der Waals surface area contributed by atoms with Crippen molar-refractivity contribution in [3.63, 3.8) is 0 Å². The summed E-state index contributed by atoms with van der Waals surface area (Å²) in [5, 5.41) is 5.69. The number of nitrogens with one attached hydrogen (secondary N) is 1. The van der Waals surface area contributed by atoms with Gasteiger partial charge in [0, 0.05) is 56.5 Å². The van der Waals surface area contributed by atoms with Gasteiger partial charge in [0.15, 0.2) is 5.13 Å². The van der Waals surface area contributed by atoms with E-state index >= 15 is 0 Å². The number of benzene rings is 1. The van der Waals surface area contributed by atoms with Gasteiger partial charge in [-0.2, -0.15) is 0 Å². The topological polar surface area (TPSA) is 66.9 Å². The monoisotopic (exact) mass is 402 g/mol. The lowest BCUT2D eigenvalue weighted by Crippen LogP contribution is -2.46. The molecule has 2 fully saturated rings. The first-order chi connectivity index (χ1) is 13.7. The Morgan fingerprint density at radius 1 is 1.32 bits per heavy atom. The van der Waals surface area contributed by atoms with Crippen molar-refractivity contribution in [1.82, 2.24) is 10.3 Å². The number of nitrogens with zero attached hydrogens (tertiary/aromatic N) is 3. The number of thiazole rings is 1. The van der Waals surface area contributed by atoms with Gasteiger partial charge >= 0.3 is 0 Å². The van der Waals surface area contributed by atoms with Crippen LogP contribution in [0, 0.1) is 0 Å². The Hall–Kier alpha value is -2.32. The normalized spacial score (nSPS) is 19.7. The molecule has 1 aromatic carbocycles. The molecule has 0 bridgehead atoms. The molecule has 1 N–H and O–H groups in total. The van der Waals surface area contributed by atoms with E-state index < -0.39 is 0 Å². The standard InChI is InChI=1S/C20H26N4O3S/c1-26-16-5-2-4-15(12-16)23-7-9-24(10-8-23)20-22-18(14-28-20)19(25)21-13-17-6-3-11-27-17/h2,4-5,12,14,17H,3,6-11,13H2,1H3,(H,21,25). The number of methoxy groups -OCH3 is 1. The van der Waals surface area contributed by atoms with Crippen LogP contribution in [0.25, 0.3) is 0 Å². The lowest BCUT2D eigenvalue weighted by atomic mass is 10.2. The highest BCUT2D eigenvalue weighted by molar-refractivity contribution is 7.13. The van der Waals surface area contributed by atoms with Crippen molar-refractivity contribution in [2.24, 2.45) is 0 Å². The van der Waals surface area contributed by atoms with E-state index in [9.17, 15) is 4.79 Å². The van der Waals surface area contributed by atoms with Crippen LogP contribution in [0.1, 0.15) is 23.3 Å². The zero-order valence-corrected chi connectivity index (χ0v) is 16.9. The fraction of sp³-hybridized carbons (Fsp3) is 0.500. The molecular formula is C20H26N4O3S. The van der Waals surface area contributed by atoms with Gasteiger partial charge in [-0.1, -0.05) is 6.07 Å². The van der Waals surface area contributed by atoms with Crippen LogP contribution in [0.15, 0.2) is 29.6 Å². The maximum absolute atomic E-state index is 12.3. The summed E-state index contributed by atoms with van der Waals surface area (Å²) < 4.78 is 10.9. The van der Waals surface area contributed by atoms with Crippen LogP contribution in [-0.2, 0) is 4.74 Å². The van der Waals surface area contributed by atoms with E-state index in [1.54, 1.807) is 7.11 Å². The van der Waals surface area contributed by atoms with Crippen LogP contribution in [0.2, 0.25) is 0 Å². The molecule has 7 nitrogen and oxygen atoms in total. The van der Waals surface area contributed by atoms with E-state index in [0.29, 0.717) is 12.2 Å². The Kier molecular flexibility index (Phi) is 5.97. The molecule has 28 heavy (non-hydrogen) atoms. The van der Waals surface area contributed by atoms with Crippen molar-refractivity contribution >= 4 is 28.1 Å². The molecule has 4 rings (SSSR count). The first-order valence-electron chi connectivity index (χ1n) is 9.72. The summed E-state index contributed by atoms with van der Waals surface area (Å²) in [7, 11) is 1.69. The quantitative estimate of drug-likeness (QED) is 0.800. The summed E-state index contributed by atoms with van der Waals surface area (Å²) in [6.45, 7) is 4.93. The van der Waals surface area contributed by atoms with Gasteiger partial charge in [-0.25, -0.2) is 4.98 Å². The van der Waals surface area contributed by atoms with Crippen molar-refractivity contribution < 1.29 is 14.3 Å². The molecule has 0 aliphatic carbocycles. The minimum atomic E-state index is -0.118. The van der Waals surface area contributed by atoms with Gasteiger partial charge in [0.1, 0.15) is 11.4 Å². The van der Waals surface area contributed by atoms with E-state index in [-0.39, 0.29) is 12.0 Å². The number of hydrogen-bond donors (Lipinski definition) is 1. The summed E-state index contributed by atoms with van der Waals surface area (Å²) in [6.07, 6.45) is 2.23. The van der Waals surface area contributed by atoms with Gasteiger partial charge in [-0.15, -0.1) is 11.3 Å². The summed E-state index contributed by atoms with van der Waals surface area (Å²) in [4.78, 5) is 21.5. The van der Waals surface area contributed by atoms with Crippen LogP contribution in [0.4, 0.5) is 10.8 Å². The number of amides is 1. The molecule has 3 heterocycles. The van der Waals surface area contributed by atoms with Crippen molar-refractivity contribution in [3.05, 3.63) is 35.3 Å². The molecular weight excluding hydrogens is 376 g/mol. The Morgan fingerprint density at radius 3 is 2.89 bits per heavy atom. The first-order valence-corrected chi connectivity index (χ1v) is 10.6. The zero-order valence-electron chi connectivity index (χ0n) is 16.1. The predicted molar refractivity (Wildman–Crippen MR) is 111 cm³/mol. The largest absolute Gasteiger partial charge is 0.497 e. The zero-order chi connectivity index (χ0) is 19.3. The molecule has 0 spiro atoms. The Morgan fingerprint density at radius 2 is 2.14 bits per heavy atom. The van der Waals surface area contributed by atoms with Gasteiger partial charge in [0.2, 0.25) is 0 Å². The molecule has 2 saturated heterocycles. The lowest BCUT2D eigenvalue weighted by molar-refractivity contribution is 0.0854. The second-order valence-electron chi connectivity index (χ2n) is 7.04. The van der Waals surface area contributed by atoms with Crippen LogP contribution in [0.3, 0.4) is 0 Å². The second kappa shape index (κ2) is 8.79. The molecule has 8 heteroatoms.